The zero-order valence-corrected chi connectivity index (χ0v) is 7.76. The highest BCUT2D eigenvalue weighted by atomic mass is 79.9. The Morgan fingerprint density at radius 2 is 1.90 bits per heavy atom. The minimum absolute atomic E-state index is 0.00759. The summed E-state index contributed by atoms with van der Waals surface area (Å²) in [5.41, 5.74) is 0. The standard InChI is InChI=1S/C6HBr2F2/c7-3-1-5(9)4(8)2-6(3)10/h1H. The summed E-state index contributed by atoms with van der Waals surface area (Å²) in [7, 11) is 0. The number of hydrogen-bond donors (Lipinski definition) is 0. The van der Waals surface area contributed by atoms with E-state index in [0.717, 1.165) is 6.07 Å². The van der Waals surface area contributed by atoms with Crippen LogP contribution in [-0.2, 0) is 0 Å². The average Bonchev–Trinajstić information content (AvgIpc) is 1.84. The van der Waals surface area contributed by atoms with E-state index in [4.69, 9.17) is 0 Å². The normalized spacial score (nSPS) is 10.0. The predicted octanol–water partition coefficient (Wildman–Crippen LogP) is 3.29. The van der Waals surface area contributed by atoms with Gasteiger partial charge in [-0.3, -0.25) is 0 Å². The largest absolute Gasteiger partial charge is 0.206 e. The summed E-state index contributed by atoms with van der Waals surface area (Å²) >= 11 is 5.60. The number of benzene rings is 1. The Morgan fingerprint density at radius 3 is 2.40 bits per heavy atom. The molecule has 1 aromatic rings. The lowest BCUT2D eigenvalue weighted by atomic mass is 10.3. The second kappa shape index (κ2) is 2.96. The van der Waals surface area contributed by atoms with Crippen molar-refractivity contribution in [2.24, 2.45) is 0 Å². The third-order valence-corrected chi connectivity index (χ3v) is 2.05. The van der Waals surface area contributed by atoms with Crippen molar-refractivity contribution < 1.29 is 8.78 Å². The third-order valence-electron chi connectivity index (χ3n) is 0.892. The average molecular weight is 271 g/mol. The van der Waals surface area contributed by atoms with Gasteiger partial charge in [-0.1, -0.05) is 0 Å². The van der Waals surface area contributed by atoms with Crippen LogP contribution in [0.3, 0.4) is 0 Å². The van der Waals surface area contributed by atoms with Gasteiger partial charge in [0.15, 0.2) is 0 Å². The van der Waals surface area contributed by atoms with Gasteiger partial charge in [0.25, 0.3) is 0 Å². The number of halogens is 4. The molecule has 4 heteroatoms. The van der Waals surface area contributed by atoms with Gasteiger partial charge in [-0.15, -0.1) is 0 Å². The highest BCUT2D eigenvalue weighted by Crippen LogP contribution is 2.22. The van der Waals surface area contributed by atoms with Crippen LogP contribution in [0, 0.1) is 17.7 Å². The molecular weight excluding hydrogens is 270 g/mol. The molecule has 0 amide bonds. The molecule has 53 valence electrons. The van der Waals surface area contributed by atoms with Crippen molar-refractivity contribution in [2.45, 2.75) is 0 Å². The van der Waals surface area contributed by atoms with Crippen molar-refractivity contribution in [3.05, 3.63) is 32.7 Å². The number of rotatable bonds is 0. The molecule has 0 aliphatic heterocycles. The molecule has 0 unspecified atom stereocenters. The Bertz CT molecular complexity index is 210. The van der Waals surface area contributed by atoms with Gasteiger partial charge < -0.3 is 0 Å². The lowest BCUT2D eigenvalue weighted by molar-refractivity contribution is 0.587. The van der Waals surface area contributed by atoms with Crippen LogP contribution in [0.2, 0.25) is 0 Å². The van der Waals surface area contributed by atoms with Crippen molar-refractivity contribution in [3.63, 3.8) is 0 Å². The summed E-state index contributed by atoms with van der Waals surface area (Å²) < 4.78 is 25.0. The minimum atomic E-state index is -0.603. The van der Waals surface area contributed by atoms with Gasteiger partial charge in [-0.25, -0.2) is 8.78 Å². The third kappa shape index (κ3) is 1.55. The first-order chi connectivity index (χ1) is 4.61. The van der Waals surface area contributed by atoms with E-state index in [2.05, 4.69) is 37.9 Å². The molecule has 0 bridgehead atoms. The van der Waals surface area contributed by atoms with Crippen LogP contribution in [-0.4, -0.2) is 0 Å². The molecule has 0 heterocycles. The summed E-state index contributed by atoms with van der Waals surface area (Å²) in [4.78, 5) is 0. The van der Waals surface area contributed by atoms with Crippen LogP contribution >= 0.6 is 31.9 Å². The summed E-state index contributed by atoms with van der Waals surface area (Å²) in [6.45, 7) is 0. The van der Waals surface area contributed by atoms with Gasteiger partial charge in [0.1, 0.15) is 11.6 Å². The zero-order chi connectivity index (χ0) is 7.72. The molecule has 0 nitrogen and oxygen atoms in total. The molecule has 0 spiro atoms. The second-order valence-corrected chi connectivity index (χ2v) is 3.24. The van der Waals surface area contributed by atoms with E-state index in [1.165, 1.54) is 0 Å². The summed E-state index contributed by atoms with van der Waals surface area (Å²) in [6, 6.07) is 3.17. The Balaban J connectivity index is 3.28. The van der Waals surface area contributed by atoms with Crippen molar-refractivity contribution in [2.75, 3.05) is 0 Å². The molecule has 0 aliphatic rings. The van der Waals surface area contributed by atoms with Crippen molar-refractivity contribution in [1.29, 1.82) is 0 Å². The van der Waals surface area contributed by atoms with E-state index in [1.54, 1.807) is 0 Å². The molecular formula is C6HBr2F2. The fourth-order valence-electron chi connectivity index (χ4n) is 0.454. The van der Waals surface area contributed by atoms with E-state index in [-0.39, 0.29) is 8.95 Å². The van der Waals surface area contributed by atoms with Crippen LogP contribution < -0.4 is 0 Å². The molecule has 0 aliphatic carbocycles. The molecule has 0 saturated carbocycles. The predicted molar refractivity (Wildman–Crippen MR) is 40.6 cm³/mol. The molecule has 1 radical (unpaired) electrons. The monoisotopic (exact) mass is 269 g/mol. The molecule has 1 rings (SSSR count). The first-order valence-corrected chi connectivity index (χ1v) is 3.92. The van der Waals surface area contributed by atoms with Crippen LogP contribution in [0.5, 0.6) is 0 Å². The fraction of sp³-hybridized carbons (Fsp3) is 0. The van der Waals surface area contributed by atoms with Gasteiger partial charge in [0, 0.05) is 6.07 Å². The van der Waals surface area contributed by atoms with Crippen LogP contribution in [0.4, 0.5) is 8.78 Å². The van der Waals surface area contributed by atoms with Crippen molar-refractivity contribution in [3.8, 4) is 0 Å². The maximum atomic E-state index is 12.5. The zero-order valence-electron chi connectivity index (χ0n) is 4.59. The molecule has 1 aromatic carbocycles. The van der Waals surface area contributed by atoms with E-state index in [0.29, 0.717) is 0 Å². The molecule has 10 heavy (non-hydrogen) atoms. The van der Waals surface area contributed by atoms with Crippen molar-refractivity contribution >= 4 is 31.9 Å². The van der Waals surface area contributed by atoms with E-state index >= 15 is 0 Å². The van der Waals surface area contributed by atoms with Crippen LogP contribution in [0.25, 0.3) is 0 Å². The fourth-order valence-corrected chi connectivity index (χ4v) is 1.04. The quantitative estimate of drug-likeness (QED) is 0.635. The van der Waals surface area contributed by atoms with Crippen molar-refractivity contribution in [1.82, 2.24) is 0 Å². The molecule has 0 fully saturated rings. The van der Waals surface area contributed by atoms with Gasteiger partial charge in [-0.2, -0.15) is 0 Å². The minimum Gasteiger partial charge on any atom is -0.206 e. The Kier molecular flexibility index (Phi) is 2.41. The van der Waals surface area contributed by atoms with Gasteiger partial charge >= 0.3 is 0 Å². The van der Waals surface area contributed by atoms with Crippen LogP contribution in [0.15, 0.2) is 15.0 Å². The second-order valence-electron chi connectivity index (χ2n) is 1.59. The lowest BCUT2D eigenvalue weighted by Gasteiger charge is -1.94. The Labute approximate surface area is 73.5 Å². The Morgan fingerprint density at radius 1 is 1.30 bits per heavy atom. The van der Waals surface area contributed by atoms with E-state index in [9.17, 15) is 8.78 Å². The first kappa shape index (κ1) is 8.14. The highest BCUT2D eigenvalue weighted by molar-refractivity contribution is 9.11. The maximum Gasteiger partial charge on any atom is 0.146 e. The summed E-state index contributed by atoms with van der Waals surface area (Å²) in [5.74, 6) is -1.14. The smallest absolute Gasteiger partial charge is 0.146 e. The molecule has 0 atom stereocenters. The summed E-state index contributed by atoms with van der Waals surface area (Å²) in [5, 5.41) is 0. The van der Waals surface area contributed by atoms with E-state index < -0.39 is 11.6 Å². The molecule has 0 saturated heterocycles. The van der Waals surface area contributed by atoms with Crippen LogP contribution in [0.1, 0.15) is 0 Å². The highest BCUT2D eigenvalue weighted by Gasteiger charge is 2.05. The number of hydrogen-bond acceptors (Lipinski definition) is 0. The first-order valence-electron chi connectivity index (χ1n) is 2.33. The maximum absolute atomic E-state index is 12.5. The lowest BCUT2D eigenvalue weighted by Crippen LogP contribution is -1.82. The molecule has 0 aromatic heterocycles. The topological polar surface area (TPSA) is 0 Å². The molecule has 0 N–H and O–H groups in total. The Hall–Kier alpha value is 0.0400. The van der Waals surface area contributed by atoms with Gasteiger partial charge in [0.2, 0.25) is 0 Å². The SMILES string of the molecule is Fc1[c]c(Br)c(F)cc1Br. The summed E-state index contributed by atoms with van der Waals surface area (Å²) in [6.07, 6.45) is 0. The van der Waals surface area contributed by atoms with Gasteiger partial charge in [-0.05, 0) is 37.9 Å². The van der Waals surface area contributed by atoms with E-state index in [1.807, 2.05) is 0 Å². The van der Waals surface area contributed by atoms with Gasteiger partial charge in [0.05, 0.1) is 8.95 Å².